The lowest BCUT2D eigenvalue weighted by Crippen LogP contribution is -2.25. The number of rotatable bonds is 3. The van der Waals surface area contributed by atoms with E-state index in [-0.39, 0.29) is 17.6 Å². The van der Waals surface area contributed by atoms with Crippen molar-refractivity contribution in [3.05, 3.63) is 89.0 Å². The van der Waals surface area contributed by atoms with E-state index in [2.05, 4.69) is 74.4 Å². The van der Waals surface area contributed by atoms with Gasteiger partial charge in [-0.15, -0.1) is 0 Å². The maximum absolute atomic E-state index is 9.89. The van der Waals surface area contributed by atoms with Gasteiger partial charge in [0, 0.05) is 43.2 Å². The summed E-state index contributed by atoms with van der Waals surface area (Å²) in [6.45, 7) is 2.72. The minimum atomic E-state index is 0.177. The van der Waals surface area contributed by atoms with Crippen LogP contribution in [0.2, 0.25) is 0 Å². The molecule has 2 unspecified atom stereocenters. The van der Waals surface area contributed by atoms with Crippen molar-refractivity contribution in [1.82, 2.24) is 0 Å². The third kappa shape index (κ3) is 3.37. The second kappa shape index (κ2) is 6.99. The van der Waals surface area contributed by atoms with Crippen LogP contribution in [0.15, 0.2) is 66.7 Å². The molecule has 0 spiro atoms. The summed E-state index contributed by atoms with van der Waals surface area (Å²) in [5.41, 5.74) is 6.12. The summed E-state index contributed by atoms with van der Waals surface area (Å²) in [5, 5.41) is 9.89. The average Bonchev–Trinajstić information content (AvgIpc) is 2.67. The van der Waals surface area contributed by atoms with Gasteiger partial charge < -0.3 is 14.7 Å². The van der Waals surface area contributed by atoms with E-state index in [1.807, 2.05) is 6.07 Å². The number of aromatic hydroxyl groups is 1. The van der Waals surface area contributed by atoms with Crippen molar-refractivity contribution in [3.8, 4) is 11.5 Å². The van der Waals surface area contributed by atoms with Gasteiger partial charge in [0.2, 0.25) is 0 Å². The van der Waals surface area contributed by atoms with Crippen LogP contribution in [-0.4, -0.2) is 25.8 Å². The lowest BCUT2D eigenvalue weighted by molar-refractivity contribution is 0.248. The maximum atomic E-state index is 9.89. The van der Waals surface area contributed by atoms with Gasteiger partial charge >= 0.3 is 0 Å². The van der Waals surface area contributed by atoms with Crippen LogP contribution in [0.25, 0.3) is 0 Å². The number of ether oxygens (including phenoxy) is 1. The number of benzene rings is 3. The molecular weight excluding hydrogens is 334 g/mol. The molecule has 0 aliphatic carbocycles. The van der Waals surface area contributed by atoms with E-state index < -0.39 is 0 Å². The lowest BCUT2D eigenvalue weighted by atomic mass is 9.75. The highest BCUT2D eigenvalue weighted by atomic mass is 16.5. The van der Waals surface area contributed by atoms with Crippen molar-refractivity contribution < 1.29 is 9.84 Å². The third-order valence-electron chi connectivity index (χ3n) is 5.37. The van der Waals surface area contributed by atoms with Gasteiger partial charge in [0.05, 0.1) is 6.61 Å². The van der Waals surface area contributed by atoms with Crippen LogP contribution < -0.4 is 9.64 Å². The zero-order valence-corrected chi connectivity index (χ0v) is 16.0. The van der Waals surface area contributed by atoms with Crippen molar-refractivity contribution >= 4 is 5.69 Å². The first-order valence-corrected chi connectivity index (χ1v) is 9.32. The second-order valence-corrected chi connectivity index (χ2v) is 7.52. The predicted molar refractivity (Wildman–Crippen MR) is 110 cm³/mol. The Morgan fingerprint density at radius 1 is 0.926 bits per heavy atom. The van der Waals surface area contributed by atoms with E-state index in [9.17, 15) is 5.11 Å². The number of anilines is 1. The molecule has 3 heteroatoms. The average molecular weight is 359 g/mol. The standard InChI is InChI=1S/C24H25NO2/c1-16-6-4-7-17(12-16)22-15-27-23-14-20(26)10-11-21(23)24(22)18-8-5-9-19(13-18)25(2)3/h4-14,22,24,26H,15H2,1-3H3. The van der Waals surface area contributed by atoms with Gasteiger partial charge in [-0.1, -0.05) is 48.0 Å². The molecule has 27 heavy (non-hydrogen) atoms. The number of phenols is 1. The first kappa shape index (κ1) is 17.5. The fourth-order valence-corrected chi connectivity index (χ4v) is 4.00. The van der Waals surface area contributed by atoms with Crippen LogP contribution in [0.5, 0.6) is 11.5 Å². The first-order valence-electron chi connectivity index (χ1n) is 9.32. The molecular formula is C24H25NO2. The second-order valence-electron chi connectivity index (χ2n) is 7.52. The van der Waals surface area contributed by atoms with Crippen molar-refractivity contribution in [2.45, 2.75) is 18.8 Å². The summed E-state index contributed by atoms with van der Waals surface area (Å²) in [6, 6.07) is 22.9. The van der Waals surface area contributed by atoms with E-state index in [1.165, 1.54) is 22.4 Å². The summed E-state index contributed by atoms with van der Waals surface area (Å²) < 4.78 is 6.07. The van der Waals surface area contributed by atoms with Gasteiger partial charge in [-0.3, -0.25) is 0 Å². The quantitative estimate of drug-likeness (QED) is 0.708. The van der Waals surface area contributed by atoms with Gasteiger partial charge in [0.15, 0.2) is 0 Å². The fourth-order valence-electron chi connectivity index (χ4n) is 4.00. The molecule has 1 aliphatic heterocycles. The molecule has 0 fully saturated rings. The number of phenolic OH excluding ortho intramolecular Hbond substituents is 1. The summed E-state index contributed by atoms with van der Waals surface area (Å²) in [4.78, 5) is 2.13. The van der Waals surface area contributed by atoms with Gasteiger partial charge in [-0.2, -0.15) is 0 Å². The number of aryl methyl sites for hydroxylation is 1. The van der Waals surface area contributed by atoms with Crippen molar-refractivity contribution in [3.63, 3.8) is 0 Å². The Kier molecular flexibility index (Phi) is 4.53. The number of hydrogen-bond acceptors (Lipinski definition) is 3. The molecule has 3 nitrogen and oxygen atoms in total. The Morgan fingerprint density at radius 3 is 2.48 bits per heavy atom. The molecule has 0 bridgehead atoms. The zero-order valence-electron chi connectivity index (χ0n) is 16.0. The van der Waals surface area contributed by atoms with E-state index in [4.69, 9.17) is 4.74 Å². The summed E-state index contributed by atoms with van der Waals surface area (Å²) in [7, 11) is 4.13. The van der Waals surface area contributed by atoms with E-state index >= 15 is 0 Å². The SMILES string of the molecule is Cc1cccc(C2COc3cc(O)ccc3C2c2cccc(N(C)C)c2)c1. The lowest BCUT2D eigenvalue weighted by Gasteiger charge is -2.35. The van der Waals surface area contributed by atoms with Crippen LogP contribution in [-0.2, 0) is 0 Å². The normalized spacial score (nSPS) is 18.5. The predicted octanol–water partition coefficient (Wildman–Crippen LogP) is 5.07. The van der Waals surface area contributed by atoms with Crippen LogP contribution in [0.1, 0.15) is 34.1 Å². The van der Waals surface area contributed by atoms with Crippen molar-refractivity contribution in [2.75, 3.05) is 25.6 Å². The zero-order chi connectivity index (χ0) is 19.0. The molecule has 1 aliphatic rings. The molecule has 0 saturated heterocycles. The van der Waals surface area contributed by atoms with Gasteiger partial charge in [-0.05, 0) is 36.2 Å². The van der Waals surface area contributed by atoms with E-state index in [0.717, 1.165) is 11.3 Å². The largest absolute Gasteiger partial charge is 0.508 e. The fraction of sp³-hybridized carbons (Fsp3) is 0.250. The van der Waals surface area contributed by atoms with Crippen molar-refractivity contribution in [1.29, 1.82) is 0 Å². The smallest absolute Gasteiger partial charge is 0.126 e. The van der Waals surface area contributed by atoms with E-state index in [0.29, 0.717) is 6.61 Å². The van der Waals surface area contributed by atoms with Crippen LogP contribution in [0, 0.1) is 6.92 Å². The van der Waals surface area contributed by atoms with Crippen molar-refractivity contribution in [2.24, 2.45) is 0 Å². The van der Waals surface area contributed by atoms with Crippen LogP contribution in [0.4, 0.5) is 5.69 Å². The molecule has 0 saturated carbocycles. The molecule has 2 atom stereocenters. The Balaban J connectivity index is 1.87. The first-order chi connectivity index (χ1) is 13.0. The van der Waals surface area contributed by atoms with Gasteiger partial charge in [0.1, 0.15) is 11.5 Å². The van der Waals surface area contributed by atoms with Crippen LogP contribution in [0.3, 0.4) is 0 Å². The summed E-state index contributed by atoms with van der Waals surface area (Å²) in [6.07, 6.45) is 0. The Hall–Kier alpha value is -2.94. The van der Waals surface area contributed by atoms with Gasteiger partial charge in [0.25, 0.3) is 0 Å². The molecule has 1 N–H and O–H groups in total. The summed E-state index contributed by atoms with van der Waals surface area (Å²) >= 11 is 0. The monoisotopic (exact) mass is 359 g/mol. The topological polar surface area (TPSA) is 32.7 Å². The highest BCUT2D eigenvalue weighted by Crippen LogP contribution is 2.47. The molecule has 3 aromatic carbocycles. The maximum Gasteiger partial charge on any atom is 0.126 e. The third-order valence-corrected chi connectivity index (χ3v) is 5.37. The molecule has 0 aromatic heterocycles. The highest BCUT2D eigenvalue weighted by Gasteiger charge is 2.33. The molecule has 3 aromatic rings. The van der Waals surface area contributed by atoms with E-state index in [1.54, 1.807) is 12.1 Å². The molecule has 0 radical (unpaired) electrons. The number of hydrogen-bond donors (Lipinski definition) is 1. The van der Waals surface area contributed by atoms with Gasteiger partial charge in [-0.25, -0.2) is 0 Å². The molecule has 138 valence electrons. The molecule has 0 amide bonds. The Morgan fingerprint density at radius 2 is 1.70 bits per heavy atom. The minimum Gasteiger partial charge on any atom is -0.508 e. The molecule has 1 heterocycles. The number of nitrogens with zero attached hydrogens (tertiary/aromatic N) is 1. The summed E-state index contributed by atoms with van der Waals surface area (Å²) in [5.74, 6) is 1.41. The van der Waals surface area contributed by atoms with Crippen LogP contribution >= 0.6 is 0 Å². The number of fused-ring (bicyclic) bond motifs is 1. The Labute approximate surface area is 160 Å². The highest BCUT2D eigenvalue weighted by molar-refractivity contribution is 5.54. The Bertz CT molecular complexity index is 964. The molecule has 4 rings (SSSR count). The minimum absolute atomic E-state index is 0.177.